The van der Waals surface area contributed by atoms with Crippen molar-refractivity contribution in [1.82, 2.24) is 0 Å². The van der Waals surface area contributed by atoms with Crippen molar-refractivity contribution >= 4 is 11.3 Å². The first-order valence-corrected chi connectivity index (χ1v) is 2.69. The molecular formula is C5H5S. The van der Waals surface area contributed by atoms with E-state index in [-0.39, 0.29) is 0 Å². The third kappa shape index (κ3) is 0.601. The van der Waals surface area contributed by atoms with Gasteiger partial charge in [-0.25, -0.2) is 0 Å². The van der Waals surface area contributed by atoms with Crippen molar-refractivity contribution < 1.29 is 0 Å². The highest BCUT2D eigenvalue weighted by Crippen LogP contribution is 2.00. The third-order valence-corrected chi connectivity index (χ3v) is 1.34. The highest BCUT2D eigenvalue weighted by molar-refractivity contribution is 7.07. The van der Waals surface area contributed by atoms with E-state index in [1.165, 1.54) is 5.56 Å². The van der Waals surface area contributed by atoms with Crippen LogP contribution in [0.1, 0.15) is 5.56 Å². The number of aryl methyl sites for hydroxylation is 1. The summed E-state index contributed by atoms with van der Waals surface area (Å²) in [6.07, 6.45) is 0. The van der Waals surface area contributed by atoms with Crippen LogP contribution in [0.4, 0.5) is 0 Å². The minimum Gasteiger partial charge on any atom is -0.143 e. The molecule has 0 nitrogen and oxygen atoms in total. The SMILES string of the molecule is Cc1c[c]sc1. The van der Waals surface area contributed by atoms with Crippen LogP contribution < -0.4 is 0 Å². The first-order valence-electron chi connectivity index (χ1n) is 1.81. The monoisotopic (exact) mass is 97.0 g/mol. The van der Waals surface area contributed by atoms with Crippen molar-refractivity contribution in [2.24, 2.45) is 0 Å². The fourth-order valence-corrected chi connectivity index (χ4v) is 0.864. The molecule has 6 heavy (non-hydrogen) atoms. The molecule has 0 N–H and O–H groups in total. The molecule has 1 heterocycles. The van der Waals surface area contributed by atoms with Crippen LogP contribution in [-0.2, 0) is 0 Å². The second-order valence-corrected chi connectivity index (χ2v) is 1.95. The van der Waals surface area contributed by atoms with Gasteiger partial charge in [-0.15, -0.1) is 11.3 Å². The second kappa shape index (κ2) is 1.43. The average molecular weight is 97.2 g/mol. The summed E-state index contributed by atoms with van der Waals surface area (Å²) in [5.41, 5.74) is 1.31. The van der Waals surface area contributed by atoms with Crippen LogP contribution in [0.3, 0.4) is 0 Å². The number of thiophene rings is 1. The molecule has 0 atom stereocenters. The van der Waals surface area contributed by atoms with Crippen LogP contribution in [0.5, 0.6) is 0 Å². The Hall–Kier alpha value is -0.300. The van der Waals surface area contributed by atoms with Gasteiger partial charge in [-0.05, 0) is 23.9 Å². The lowest BCUT2D eigenvalue weighted by Gasteiger charge is -1.65. The maximum absolute atomic E-state index is 2.97. The molecule has 0 aromatic carbocycles. The lowest BCUT2D eigenvalue weighted by atomic mass is 10.4. The molecule has 0 aliphatic heterocycles. The van der Waals surface area contributed by atoms with Gasteiger partial charge >= 0.3 is 0 Å². The average Bonchev–Trinajstić information content (AvgIpc) is 1.86. The summed E-state index contributed by atoms with van der Waals surface area (Å²) in [5, 5.41) is 5.04. The van der Waals surface area contributed by atoms with E-state index < -0.39 is 0 Å². The Kier molecular flexibility index (Phi) is 0.926. The molecule has 1 aromatic heterocycles. The van der Waals surface area contributed by atoms with Crippen molar-refractivity contribution in [2.45, 2.75) is 6.92 Å². The second-order valence-electron chi connectivity index (χ2n) is 1.24. The van der Waals surface area contributed by atoms with E-state index in [0.29, 0.717) is 0 Å². The van der Waals surface area contributed by atoms with E-state index in [2.05, 4.69) is 17.7 Å². The number of hydrogen-bond donors (Lipinski definition) is 0. The molecule has 0 spiro atoms. The number of rotatable bonds is 0. The third-order valence-electron chi connectivity index (χ3n) is 0.599. The summed E-state index contributed by atoms with van der Waals surface area (Å²) < 4.78 is 0. The molecule has 0 fully saturated rings. The van der Waals surface area contributed by atoms with Gasteiger partial charge < -0.3 is 0 Å². The highest BCUT2D eigenvalue weighted by atomic mass is 32.1. The first kappa shape index (κ1) is 3.88. The Morgan fingerprint density at radius 3 is 2.83 bits per heavy atom. The van der Waals surface area contributed by atoms with Crippen molar-refractivity contribution in [1.29, 1.82) is 0 Å². The molecule has 1 heteroatoms. The van der Waals surface area contributed by atoms with Crippen molar-refractivity contribution in [3.63, 3.8) is 0 Å². The molecule has 0 aliphatic carbocycles. The smallest absolute Gasteiger partial charge is 0.0445 e. The van der Waals surface area contributed by atoms with Crippen molar-refractivity contribution in [2.75, 3.05) is 0 Å². The molecular weight excluding hydrogens is 92.1 g/mol. The Bertz CT molecular complexity index is 107. The summed E-state index contributed by atoms with van der Waals surface area (Å²) in [4.78, 5) is 0. The minimum atomic E-state index is 1.31. The minimum absolute atomic E-state index is 1.31. The van der Waals surface area contributed by atoms with Crippen LogP contribution in [0.25, 0.3) is 0 Å². The van der Waals surface area contributed by atoms with Gasteiger partial charge in [0.15, 0.2) is 0 Å². The zero-order valence-corrected chi connectivity index (χ0v) is 4.38. The van der Waals surface area contributed by atoms with E-state index in [0.717, 1.165) is 0 Å². The van der Waals surface area contributed by atoms with Gasteiger partial charge in [0.2, 0.25) is 0 Å². The van der Waals surface area contributed by atoms with Crippen LogP contribution >= 0.6 is 11.3 Å². The van der Waals surface area contributed by atoms with Gasteiger partial charge in [0.05, 0.1) is 0 Å². The molecule has 1 aromatic rings. The van der Waals surface area contributed by atoms with Gasteiger partial charge in [0.1, 0.15) is 0 Å². The van der Waals surface area contributed by atoms with Gasteiger partial charge in [0, 0.05) is 5.38 Å². The van der Waals surface area contributed by atoms with Crippen molar-refractivity contribution in [3.8, 4) is 0 Å². The first-order chi connectivity index (χ1) is 2.89. The normalized spacial score (nSPS) is 8.83. The van der Waals surface area contributed by atoms with E-state index in [1.807, 2.05) is 6.07 Å². The van der Waals surface area contributed by atoms with Crippen LogP contribution in [0.2, 0.25) is 0 Å². The Morgan fingerprint density at radius 1 is 1.83 bits per heavy atom. The van der Waals surface area contributed by atoms with Crippen LogP contribution in [0, 0.1) is 12.3 Å². The van der Waals surface area contributed by atoms with Gasteiger partial charge in [0.25, 0.3) is 0 Å². The molecule has 0 saturated heterocycles. The van der Waals surface area contributed by atoms with Crippen LogP contribution in [-0.4, -0.2) is 0 Å². The standard InChI is InChI=1S/C5H5S/c1-5-2-3-6-4-5/h2,4H,1H3. The van der Waals surface area contributed by atoms with E-state index >= 15 is 0 Å². The summed E-state index contributed by atoms with van der Waals surface area (Å²) in [5.74, 6) is 0. The molecule has 0 saturated carbocycles. The molecule has 0 unspecified atom stereocenters. The predicted octanol–water partition coefficient (Wildman–Crippen LogP) is 1.86. The Morgan fingerprint density at radius 2 is 2.67 bits per heavy atom. The molecule has 31 valence electrons. The van der Waals surface area contributed by atoms with Gasteiger partial charge in [-0.2, -0.15) is 0 Å². The Balaban J connectivity index is 3.05. The summed E-state index contributed by atoms with van der Waals surface area (Å²) in [6, 6.07) is 1.98. The predicted molar refractivity (Wildman–Crippen MR) is 27.9 cm³/mol. The lowest BCUT2D eigenvalue weighted by molar-refractivity contribution is 1.56. The van der Waals surface area contributed by atoms with E-state index in [4.69, 9.17) is 0 Å². The van der Waals surface area contributed by atoms with E-state index in [9.17, 15) is 0 Å². The van der Waals surface area contributed by atoms with E-state index in [1.54, 1.807) is 11.3 Å². The Labute approximate surface area is 41.4 Å². The summed E-state index contributed by atoms with van der Waals surface area (Å²) in [6.45, 7) is 2.06. The molecule has 1 radical (unpaired) electrons. The summed E-state index contributed by atoms with van der Waals surface area (Å²) >= 11 is 1.61. The maximum Gasteiger partial charge on any atom is 0.0445 e. The fraction of sp³-hybridized carbons (Fsp3) is 0.200. The van der Waals surface area contributed by atoms with Crippen LogP contribution in [0.15, 0.2) is 11.4 Å². The summed E-state index contributed by atoms with van der Waals surface area (Å²) in [7, 11) is 0. The molecule has 0 bridgehead atoms. The van der Waals surface area contributed by atoms with Gasteiger partial charge in [-0.1, -0.05) is 0 Å². The lowest BCUT2D eigenvalue weighted by Crippen LogP contribution is -1.48. The fourth-order valence-electron chi connectivity index (χ4n) is 0.288. The van der Waals surface area contributed by atoms with Gasteiger partial charge in [-0.3, -0.25) is 0 Å². The zero-order valence-electron chi connectivity index (χ0n) is 3.56. The topological polar surface area (TPSA) is 0 Å². The largest absolute Gasteiger partial charge is 0.143 e. The molecule has 0 amide bonds. The zero-order chi connectivity index (χ0) is 4.41. The maximum atomic E-state index is 2.97. The molecule has 1 rings (SSSR count). The highest BCUT2D eigenvalue weighted by Gasteiger charge is 1.75. The van der Waals surface area contributed by atoms with Crippen molar-refractivity contribution in [3.05, 3.63) is 22.4 Å². The number of hydrogen-bond acceptors (Lipinski definition) is 1. The molecule has 0 aliphatic rings. The quantitative estimate of drug-likeness (QED) is 0.463.